The van der Waals surface area contributed by atoms with Crippen LogP contribution in [0.4, 0.5) is 24.5 Å². The fourth-order valence-electron chi connectivity index (χ4n) is 3.34. The van der Waals surface area contributed by atoms with Gasteiger partial charge in [-0.3, -0.25) is 4.79 Å². The van der Waals surface area contributed by atoms with E-state index in [1.54, 1.807) is 17.0 Å². The number of nitrogens with zero attached hydrogens (tertiary/aromatic N) is 3. The van der Waals surface area contributed by atoms with Crippen LogP contribution in [0.3, 0.4) is 0 Å². The van der Waals surface area contributed by atoms with E-state index in [9.17, 15) is 23.1 Å². The van der Waals surface area contributed by atoms with E-state index in [1.807, 2.05) is 0 Å². The molecule has 1 saturated heterocycles. The van der Waals surface area contributed by atoms with E-state index in [-0.39, 0.29) is 30.1 Å². The summed E-state index contributed by atoms with van der Waals surface area (Å²) >= 11 is 0. The van der Waals surface area contributed by atoms with E-state index in [1.165, 1.54) is 13.3 Å². The Morgan fingerprint density at radius 3 is 2.74 bits per heavy atom. The van der Waals surface area contributed by atoms with Gasteiger partial charge >= 0.3 is 6.18 Å². The molecule has 1 aromatic carbocycles. The van der Waals surface area contributed by atoms with Crippen LogP contribution >= 0.6 is 0 Å². The number of halogens is 3. The second-order valence-electron chi connectivity index (χ2n) is 6.31. The Labute approximate surface area is 151 Å². The van der Waals surface area contributed by atoms with Crippen LogP contribution in [-0.2, 0) is 6.18 Å². The lowest BCUT2D eigenvalue weighted by Gasteiger charge is -2.30. The molecule has 0 saturated carbocycles. The van der Waals surface area contributed by atoms with E-state index in [0.717, 1.165) is 18.2 Å². The van der Waals surface area contributed by atoms with Gasteiger partial charge in [-0.25, -0.2) is 9.98 Å². The van der Waals surface area contributed by atoms with Gasteiger partial charge in [0, 0.05) is 36.5 Å². The fourth-order valence-corrected chi connectivity index (χ4v) is 3.34. The summed E-state index contributed by atoms with van der Waals surface area (Å²) in [5, 5.41) is 10.9. The number of rotatable bonds is 2. The van der Waals surface area contributed by atoms with Crippen LogP contribution < -0.4 is 9.64 Å². The summed E-state index contributed by atoms with van der Waals surface area (Å²) in [6.07, 6.45) is -3.05. The molecule has 2 aliphatic heterocycles. The Morgan fingerprint density at radius 2 is 2.04 bits per heavy atom. The second-order valence-corrected chi connectivity index (χ2v) is 6.31. The predicted molar refractivity (Wildman–Crippen MR) is 90.6 cm³/mol. The monoisotopic (exact) mass is 377 g/mol. The third kappa shape index (κ3) is 2.66. The van der Waals surface area contributed by atoms with Crippen LogP contribution in [0.2, 0.25) is 0 Å². The standard InChI is InChI=1S/C18H14F3N3O3/c1-27-14-9-11(4-6-22-14)24-7-5-17(26)15(25)12-8-10(18(19,20)21)2-3-13(12)23-16(17)24/h2-4,6,8-9,26H,5,7H2,1H3/t17-/m1/s1. The number of amidine groups is 1. The molecule has 27 heavy (non-hydrogen) atoms. The van der Waals surface area contributed by atoms with E-state index in [2.05, 4.69) is 9.98 Å². The number of ether oxygens (including phenoxy) is 1. The summed E-state index contributed by atoms with van der Waals surface area (Å²) in [6.45, 7) is 0.272. The molecule has 1 aromatic heterocycles. The molecule has 2 aliphatic rings. The summed E-state index contributed by atoms with van der Waals surface area (Å²) in [4.78, 5) is 22.8. The summed E-state index contributed by atoms with van der Waals surface area (Å²) in [5.74, 6) is -0.342. The Morgan fingerprint density at radius 1 is 1.26 bits per heavy atom. The molecule has 9 heteroatoms. The minimum absolute atomic E-state index is 0.0188. The summed E-state index contributed by atoms with van der Waals surface area (Å²) < 4.78 is 44.0. The molecular formula is C18H14F3N3O3. The molecule has 140 valence electrons. The molecule has 1 atom stereocenters. The molecule has 0 bridgehead atoms. The number of ketones is 1. The summed E-state index contributed by atoms with van der Waals surface area (Å²) in [7, 11) is 1.46. The van der Waals surface area contributed by atoms with Gasteiger partial charge in [0.25, 0.3) is 0 Å². The predicted octanol–water partition coefficient (Wildman–Crippen LogP) is 2.98. The van der Waals surface area contributed by atoms with Gasteiger partial charge in [-0.1, -0.05) is 0 Å². The first-order valence-electron chi connectivity index (χ1n) is 8.09. The fraction of sp³-hybridized carbons (Fsp3) is 0.278. The highest BCUT2D eigenvalue weighted by atomic mass is 19.4. The Bertz CT molecular complexity index is 974. The number of aliphatic hydroxyl groups is 1. The number of aromatic nitrogens is 1. The summed E-state index contributed by atoms with van der Waals surface area (Å²) in [6, 6.07) is 6.06. The van der Waals surface area contributed by atoms with Gasteiger partial charge < -0.3 is 14.7 Å². The molecule has 0 amide bonds. The smallest absolute Gasteiger partial charge is 0.416 e. The maximum atomic E-state index is 13.0. The first-order chi connectivity index (χ1) is 12.7. The highest BCUT2D eigenvalue weighted by Crippen LogP contribution is 2.41. The molecule has 1 N–H and O–H groups in total. The van der Waals surface area contributed by atoms with Gasteiger partial charge in [-0.15, -0.1) is 0 Å². The molecular weight excluding hydrogens is 363 g/mol. The van der Waals surface area contributed by atoms with Crippen LogP contribution in [0.1, 0.15) is 22.3 Å². The van der Waals surface area contributed by atoms with Crippen molar-refractivity contribution in [2.45, 2.75) is 18.2 Å². The molecule has 3 heterocycles. The molecule has 0 unspecified atom stereocenters. The van der Waals surface area contributed by atoms with E-state index in [0.29, 0.717) is 11.6 Å². The van der Waals surface area contributed by atoms with Gasteiger partial charge in [0.05, 0.1) is 18.4 Å². The van der Waals surface area contributed by atoms with Crippen molar-refractivity contribution in [2.24, 2.45) is 4.99 Å². The average Bonchev–Trinajstić information content (AvgIpc) is 2.99. The van der Waals surface area contributed by atoms with Crippen LogP contribution in [0, 0.1) is 0 Å². The van der Waals surface area contributed by atoms with Crippen LogP contribution in [0.15, 0.2) is 41.5 Å². The zero-order valence-electron chi connectivity index (χ0n) is 14.1. The van der Waals surface area contributed by atoms with Crippen molar-refractivity contribution < 1.29 is 27.8 Å². The molecule has 2 aromatic rings. The number of alkyl halides is 3. The number of Topliss-reactive ketones (excluding diaryl/α,β-unsaturated/α-hetero) is 1. The molecule has 0 radical (unpaired) electrons. The van der Waals surface area contributed by atoms with Crippen molar-refractivity contribution in [2.75, 3.05) is 18.6 Å². The van der Waals surface area contributed by atoms with Crippen molar-refractivity contribution in [3.8, 4) is 5.88 Å². The zero-order valence-corrected chi connectivity index (χ0v) is 14.1. The minimum atomic E-state index is -4.59. The average molecular weight is 377 g/mol. The number of fused-ring (bicyclic) bond motifs is 2. The van der Waals surface area contributed by atoms with Gasteiger partial charge in [0.15, 0.2) is 5.60 Å². The van der Waals surface area contributed by atoms with E-state index >= 15 is 0 Å². The van der Waals surface area contributed by atoms with Crippen LogP contribution in [0.5, 0.6) is 5.88 Å². The number of carbonyl (C=O) groups is 1. The van der Waals surface area contributed by atoms with Gasteiger partial charge in [0.2, 0.25) is 11.7 Å². The van der Waals surface area contributed by atoms with Crippen LogP contribution in [0.25, 0.3) is 0 Å². The van der Waals surface area contributed by atoms with Crippen molar-refractivity contribution in [1.82, 2.24) is 4.98 Å². The molecule has 0 aliphatic carbocycles. The second kappa shape index (κ2) is 5.78. The lowest BCUT2D eigenvalue weighted by atomic mass is 9.87. The van der Waals surface area contributed by atoms with E-state index in [4.69, 9.17) is 4.74 Å². The first-order valence-corrected chi connectivity index (χ1v) is 8.09. The summed E-state index contributed by atoms with van der Waals surface area (Å²) in [5.41, 5.74) is -2.44. The number of anilines is 1. The molecule has 6 nitrogen and oxygen atoms in total. The quantitative estimate of drug-likeness (QED) is 0.871. The highest BCUT2D eigenvalue weighted by Gasteiger charge is 2.52. The maximum absolute atomic E-state index is 13.0. The normalized spacial score (nSPS) is 21.6. The third-order valence-electron chi connectivity index (χ3n) is 4.73. The van der Waals surface area contributed by atoms with E-state index < -0.39 is 23.1 Å². The number of hydrogen-bond acceptors (Lipinski definition) is 6. The number of pyridine rings is 1. The number of methoxy groups -OCH3 is 1. The van der Waals surface area contributed by atoms with Crippen LogP contribution in [-0.4, -0.2) is 41.0 Å². The van der Waals surface area contributed by atoms with Crippen molar-refractivity contribution >= 4 is 23.0 Å². The van der Waals surface area contributed by atoms with Crippen molar-refractivity contribution in [1.29, 1.82) is 0 Å². The third-order valence-corrected chi connectivity index (χ3v) is 4.73. The number of benzene rings is 1. The Balaban J connectivity index is 1.82. The van der Waals surface area contributed by atoms with Crippen molar-refractivity contribution in [3.05, 3.63) is 47.7 Å². The van der Waals surface area contributed by atoms with Gasteiger partial charge in [-0.2, -0.15) is 13.2 Å². The van der Waals surface area contributed by atoms with Gasteiger partial charge in [0.1, 0.15) is 5.84 Å². The lowest BCUT2D eigenvalue weighted by molar-refractivity contribution is -0.137. The largest absolute Gasteiger partial charge is 0.481 e. The highest BCUT2D eigenvalue weighted by molar-refractivity contribution is 6.28. The number of aliphatic imine (C=N–C) groups is 1. The zero-order chi connectivity index (χ0) is 19.4. The van der Waals surface area contributed by atoms with Gasteiger partial charge in [-0.05, 0) is 24.3 Å². The van der Waals surface area contributed by atoms with Crippen molar-refractivity contribution in [3.63, 3.8) is 0 Å². The number of carbonyl (C=O) groups excluding carboxylic acids is 1. The maximum Gasteiger partial charge on any atom is 0.416 e. The Kier molecular flexibility index (Phi) is 3.74. The lowest BCUT2D eigenvalue weighted by Crippen LogP contribution is -2.48. The Hall–Kier alpha value is -2.94. The molecule has 0 spiro atoms. The topological polar surface area (TPSA) is 75.0 Å². The number of hydrogen-bond donors (Lipinski definition) is 1. The SMILES string of the molecule is COc1cc(N2CC[C@@]3(O)C(=O)c4cc(C(F)(F)F)ccc4N=C23)ccn1. The minimum Gasteiger partial charge on any atom is -0.481 e. The molecule has 1 fully saturated rings. The molecule has 4 rings (SSSR count). The first kappa shape index (κ1) is 17.5.